The van der Waals surface area contributed by atoms with Crippen LogP contribution in [0.15, 0.2) is 30.7 Å². The monoisotopic (exact) mass is 307 g/mol. The number of carbonyl (C=O) groups is 1. The Morgan fingerprint density at radius 3 is 2.95 bits per heavy atom. The number of aromatic carboxylic acids is 1. The Bertz CT molecular complexity index is 649. The zero-order valence-electron chi connectivity index (χ0n) is 11.3. The molecule has 1 aromatic heterocycles. The van der Waals surface area contributed by atoms with Crippen molar-refractivity contribution in [2.75, 3.05) is 7.11 Å². The SMILES string of the molecule is COc1cccc(Cl)c1CNCc1ncncc1C(=O)O. The van der Waals surface area contributed by atoms with Crippen molar-refractivity contribution in [2.45, 2.75) is 13.1 Å². The van der Waals surface area contributed by atoms with Crippen LogP contribution >= 0.6 is 11.6 Å². The Hall–Kier alpha value is -2.18. The predicted molar refractivity (Wildman–Crippen MR) is 77.5 cm³/mol. The van der Waals surface area contributed by atoms with Crippen LogP contribution in [-0.4, -0.2) is 28.2 Å². The molecule has 7 heteroatoms. The first-order valence-electron chi connectivity index (χ1n) is 6.17. The molecule has 1 aromatic carbocycles. The van der Waals surface area contributed by atoms with Crippen molar-refractivity contribution in [3.63, 3.8) is 0 Å². The van der Waals surface area contributed by atoms with E-state index in [1.54, 1.807) is 19.2 Å². The van der Waals surface area contributed by atoms with Crippen LogP contribution in [0.5, 0.6) is 5.75 Å². The van der Waals surface area contributed by atoms with E-state index in [9.17, 15) is 4.79 Å². The molecule has 2 N–H and O–H groups in total. The molecule has 110 valence electrons. The molecule has 1 heterocycles. The first-order chi connectivity index (χ1) is 10.1. The van der Waals surface area contributed by atoms with Gasteiger partial charge < -0.3 is 15.2 Å². The summed E-state index contributed by atoms with van der Waals surface area (Å²) in [5, 5.41) is 12.8. The second kappa shape index (κ2) is 7.01. The average Bonchev–Trinajstić information content (AvgIpc) is 2.49. The number of methoxy groups -OCH3 is 1. The van der Waals surface area contributed by atoms with Crippen LogP contribution in [0.4, 0.5) is 0 Å². The lowest BCUT2D eigenvalue weighted by Gasteiger charge is -2.11. The van der Waals surface area contributed by atoms with Crippen LogP contribution in [0.1, 0.15) is 21.6 Å². The maximum Gasteiger partial charge on any atom is 0.339 e. The van der Waals surface area contributed by atoms with Gasteiger partial charge in [-0.05, 0) is 12.1 Å². The Kier molecular flexibility index (Phi) is 5.08. The highest BCUT2D eigenvalue weighted by molar-refractivity contribution is 6.31. The summed E-state index contributed by atoms with van der Waals surface area (Å²) >= 11 is 6.13. The number of ether oxygens (including phenoxy) is 1. The van der Waals surface area contributed by atoms with Crippen molar-refractivity contribution in [3.8, 4) is 5.75 Å². The average molecular weight is 308 g/mol. The molecule has 21 heavy (non-hydrogen) atoms. The molecule has 2 aromatic rings. The zero-order valence-corrected chi connectivity index (χ0v) is 12.1. The van der Waals surface area contributed by atoms with Crippen LogP contribution in [-0.2, 0) is 13.1 Å². The van der Waals surface area contributed by atoms with Gasteiger partial charge in [-0.1, -0.05) is 17.7 Å². The molecule has 0 spiro atoms. The molecular weight excluding hydrogens is 294 g/mol. The lowest BCUT2D eigenvalue weighted by Crippen LogP contribution is -2.17. The minimum absolute atomic E-state index is 0.0797. The minimum Gasteiger partial charge on any atom is -0.496 e. The van der Waals surface area contributed by atoms with Crippen molar-refractivity contribution < 1.29 is 14.6 Å². The largest absolute Gasteiger partial charge is 0.496 e. The van der Waals surface area contributed by atoms with E-state index < -0.39 is 5.97 Å². The Balaban J connectivity index is 2.07. The third kappa shape index (κ3) is 3.68. The molecule has 0 aliphatic rings. The fourth-order valence-electron chi connectivity index (χ4n) is 1.88. The van der Waals surface area contributed by atoms with Crippen molar-refractivity contribution in [1.82, 2.24) is 15.3 Å². The fraction of sp³-hybridized carbons (Fsp3) is 0.214. The number of benzene rings is 1. The number of carboxylic acid groups (broad SMARTS) is 1. The van der Waals surface area contributed by atoms with Gasteiger partial charge in [0.2, 0.25) is 0 Å². The first kappa shape index (κ1) is 15.2. The summed E-state index contributed by atoms with van der Waals surface area (Å²) in [6.45, 7) is 0.727. The van der Waals surface area contributed by atoms with E-state index >= 15 is 0 Å². The summed E-state index contributed by atoms with van der Waals surface area (Å²) in [5.41, 5.74) is 1.31. The Labute approximate surface area is 126 Å². The second-order valence-corrected chi connectivity index (χ2v) is 4.62. The summed E-state index contributed by atoms with van der Waals surface area (Å²) in [7, 11) is 1.57. The molecule has 0 saturated carbocycles. The predicted octanol–water partition coefficient (Wildman–Crippen LogP) is 2.13. The van der Waals surface area contributed by atoms with E-state index in [0.29, 0.717) is 29.6 Å². The van der Waals surface area contributed by atoms with Gasteiger partial charge in [0.25, 0.3) is 0 Å². The molecule has 2 rings (SSSR count). The first-order valence-corrected chi connectivity index (χ1v) is 6.55. The highest BCUT2D eigenvalue weighted by Gasteiger charge is 2.12. The number of hydrogen-bond donors (Lipinski definition) is 2. The van der Waals surface area contributed by atoms with Gasteiger partial charge in [-0.25, -0.2) is 14.8 Å². The van der Waals surface area contributed by atoms with Gasteiger partial charge in [0.15, 0.2) is 0 Å². The number of rotatable bonds is 6. The van der Waals surface area contributed by atoms with Crippen molar-refractivity contribution in [1.29, 1.82) is 0 Å². The van der Waals surface area contributed by atoms with Gasteiger partial charge in [0.05, 0.1) is 12.8 Å². The molecule has 0 saturated heterocycles. The van der Waals surface area contributed by atoms with E-state index in [2.05, 4.69) is 15.3 Å². The third-order valence-corrected chi connectivity index (χ3v) is 3.27. The highest BCUT2D eigenvalue weighted by atomic mass is 35.5. The quantitative estimate of drug-likeness (QED) is 0.850. The maximum atomic E-state index is 11.1. The van der Waals surface area contributed by atoms with Crippen molar-refractivity contribution >= 4 is 17.6 Å². The van der Waals surface area contributed by atoms with E-state index in [0.717, 1.165) is 5.56 Å². The van der Waals surface area contributed by atoms with Gasteiger partial charge >= 0.3 is 5.97 Å². The molecule has 0 aliphatic heterocycles. The number of aromatic nitrogens is 2. The zero-order chi connectivity index (χ0) is 15.2. The summed E-state index contributed by atoms with van der Waals surface area (Å²) < 4.78 is 5.25. The standard InChI is InChI=1S/C14H14ClN3O3/c1-21-13-4-2-3-11(15)9(13)5-16-7-12-10(14(19)20)6-17-8-18-12/h2-4,6,8,16H,5,7H2,1H3,(H,19,20). The molecule has 6 nitrogen and oxygen atoms in total. The van der Waals surface area contributed by atoms with Crippen LogP contribution < -0.4 is 10.1 Å². The van der Waals surface area contributed by atoms with Gasteiger partial charge in [-0.2, -0.15) is 0 Å². The number of carboxylic acids is 1. The molecule has 0 amide bonds. The number of hydrogen-bond acceptors (Lipinski definition) is 5. The topological polar surface area (TPSA) is 84.3 Å². The smallest absolute Gasteiger partial charge is 0.339 e. The van der Waals surface area contributed by atoms with Gasteiger partial charge in [-0.3, -0.25) is 0 Å². The fourth-order valence-corrected chi connectivity index (χ4v) is 2.11. The van der Waals surface area contributed by atoms with Gasteiger partial charge in [-0.15, -0.1) is 0 Å². The summed E-state index contributed by atoms with van der Waals surface area (Å²) in [6, 6.07) is 5.39. The second-order valence-electron chi connectivity index (χ2n) is 4.21. The Morgan fingerprint density at radius 1 is 1.43 bits per heavy atom. The lowest BCUT2D eigenvalue weighted by atomic mass is 10.2. The van der Waals surface area contributed by atoms with Crippen LogP contribution in [0.25, 0.3) is 0 Å². The normalized spacial score (nSPS) is 10.4. The molecule has 0 aliphatic carbocycles. The van der Waals surface area contributed by atoms with Crippen LogP contribution in [0.2, 0.25) is 5.02 Å². The van der Waals surface area contributed by atoms with E-state index in [-0.39, 0.29) is 5.56 Å². The Morgan fingerprint density at radius 2 is 2.24 bits per heavy atom. The van der Waals surface area contributed by atoms with E-state index in [1.807, 2.05) is 6.07 Å². The number of nitrogens with one attached hydrogen (secondary N) is 1. The summed E-state index contributed by atoms with van der Waals surface area (Å²) in [6.07, 6.45) is 2.60. The van der Waals surface area contributed by atoms with Gasteiger partial charge in [0, 0.05) is 29.9 Å². The molecular formula is C14H14ClN3O3. The van der Waals surface area contributed by atoms with Crippen LogP contribution in [0.3, 0.4) is 0 Å². The van der Waals surface area contributed by atoms with E-state index in [1.165, 1.54) is 12.5 Å². The summed E-state index contributed by atoms with van der Waals surface area (Å²) in [5.74, 6) is -0.376. The molecule has 0 unspecified atom stereocenters. The van der Waals surface area contributed by atoms with E-state index in [4.69, 9.17) is 21.4 Å². The number of nitrogens with zero attached hydrogens (tertiary/aromatic N) is 2. The molecule has 0 fully saturated rings. The minimum atomic E-state index is -1.05. The maximum absolute atomic E-state index is 11.1. The van der Waals surface area contributed by atoms with Crippen molar-refractivity contribution in [3.05, 3.63) is 52.6 Å². The molecule has 0 radical (unpaired) electrons. The molecule has 0 atom stereocenters. The highest BCUT2D eigenvalue weighted by Crippen LogP contribution is 2.25. The number of halogens is 1. The summed E-state index contributed by atoms with van der Waals surface area (Å²) in [4.78, 5) is 18.8. The third-order valence-electron chi connectivity index (χ3n) is 2.92. The van der Waals surface area contributed by atoms with Crippen LogP contribution in [0, 0.1) is 0 Å². The molecule has 0 bridgehead atoms. The van der Waals surface area contributed by atoms with Crippen molar-refractivity contribution in [2.24, 2.45) is 0 Å². The van der Waals surface area contributed by atoms with Gasteiger partial charge in [0.1, 0.15) is 17.6 Å². The lowest BCUT2D eigenvalue weighted by molar-refractivity contribution is 0.0694.